The fourth-order valence-corrected chi connectivity index (χ4v) is 4.22. The van der Waals surface area contributed by atoms with Gasteiger partial charge in [-0.15, -0.1) is 0 Å². The normalized spacial score (nSPS) is 14.0. The van der Waals surface area contributed by atoms with Gasteiger partial charge in [-0.3, -0.25) is 9.59 Å². The first-order valence-corrected chi connectivity index (χ1v) is 11.2. The van der Waals surface area contributed by atoms with E-state index in [2.05, 4.69) is 15.0 Å². The minimum absolute atomic E-state index is 0.200. The number of hydrogen-bond acceptors (Lipinski definition) is 6. The molecule has 0 radical (unpaired) electrons. The van der Waals surface area contributed by atoms with Crippen molar-refractivity contribution in [2.24, 2.45) is 7.05 Å². The molecule has 0 N–H and O–H groups in total. The standard InChI is InChI=1S/C25H26N6O3/c1-17-4-6-19(7-5-17)31-23-21(26-16-28(2)25(23)33)22(27-31)24(32)30-14-12-29(13-15-30)18-8-10-20(34-3)11-9-18/h4-11,16H,12-15H2,1-3H3. The zero-order valence-electron chi connectivity index (χ0n) is 19.4. The van der Waals surface area contributed by atoms with Crippen molar-refractivity contribution >= 4 is 22.6 Å². The van der Waals surface area contributed by atoms with Crippen molar-refractivity contribution < 1.29 is 9.53 Å². The van der Waals surface area contributed by atoms with E-state index in [0.717, 1.165) is 17.0 Å². The number of fused-ring (bicyclic) bond motifs is 1. The summed E-state index contributed by atoms with van der Waals surface area (Å²) in [6.45, 7) is 4.49. The van der Waals surface area contributed by atoms with Gasteiger partial charge >= 0.3 is 0 Å². The Balaban J connectivity index is 1.44. The third-order valence-electron chi connectivity index (χ3n) is 6.23. The molecule has 0 unspecified atom stereocenters. The van der Waals surface area contributed by atoms with Gasteiger partial charge < -0.3 is 19.1 Å². The average Bonchev–Trinajstić information content (AvgIpc) is 3.27. The predicted octanol–water partition coefficient (Wildman–Crippen LogP) is 2.40. The topological polar surface area (TPSA) is 85.5 Å². The number of aryl methyl sites for hydroxylation is 2. The molecule has 5 rings (SSSR count). The van der Waals surface area contributed by atoms with E-state index in [0.29, 0.717) is 42.9 Å². The number of piperazine rings is 1. The van der Waals surface area contributed by atoms with Gasteiger partial charge in [-0.2, -0.15) is 5.10 Å². The summed E-state index contributed by atoms with van der Waals surface area (Å²) in [5.74, 6) is 0.596. The van der Waals surface area contributed by atoms with Crippen LogP contribution in [0.15, 0.2) is 59.7 Å². The van der Waals surface area contributed by atoms with Crippen molar-refractivity contribution in [3.8, 4) is 11.4 Å². The molecule has 2 aromatic heterocycles. The molecule has 1 amide bonds. The molecule has 0 spiro atoms. The lowest BCUT2D eigenvalue weighted by Crippen LogP contribution is -2.49. The highest BCUT2D eigenvalue weighted by Gasteiger charge is 2.28. The minimum atomic E-state index is -0.249. The lowest BCUT2D eigenvalue weighted by Gasteiger charge is -2.35. The molecule has 34 heavy (non-hydrogen) atoms. The number of carbonyl (C=O) groups excluding carboxylic acids is 1. The highest BCUT2D eigenvalue weighted by molar-refractivity contribution is 6.03. The van der Waals surface area contributed by atoms with Crippen LogP contribution in [-0.4, -0.2) is 63.4 Å². The molecular weight excluding hydrogens is 432 g/mol. The Labute approximate surface area is 196 Å². The Kier molecular flexibility index (Phi) is 5.53. The number of hydrogen-bond donors (Lipinski definition) is 0. The van der Waals surface area contributed by atoms with Crippen molar-refractivity contribution in [1.82, 2.24) is 24.2 Å². The van der Waals surface area contributed by atoms with Gasteiger partial charge in [0.05, 0.1) is 19.1 Å². The van der Waals surface area contributed by atoms with Crippen LogP contribution in [-0.2, 0) is 7.05 Å². The van der Waals surface area contributed by atoms with E-state index < -0.39 is 0 Å². The van der Waals surface area contributed by atoms with Crippen LogP contribution in [0.2, 0.25) is 0 Å². The number of nitrogens with zero attached hydrogens (tertiary/aromatic N) is 6. The summed E-state index contributed by atoms with van der Waals surface area (Å²) in [4.78, 5) is 34.9. The van der Waals surface area contributed by atoms with Crippen molar-refractivity contribution in [2.75, 3.05) is 38.2 Å². The minimum Gasteiger partial charge on any atom is -0.497 e. The highest BCUT2D eigenvalue weighted by Crippen LogP contribution is 2.23. The van der Waals surface area contributed by atoms with E-state index in [1.54, 1.807) is 19.1 Å². The number of aromatic nitrogens is 4. The van der Waals surface area contributed by atoms with Crippen LogP contribution in [0.3, 0.4) is 0 Å². The second-order valence-corrected chi connectivity index (χ2v) is 8.43. The molecule has 0 bridgehead atoms. The van der Waals surface area contributed by atoms with Gasteiger partial charge in [0, 0.05) is 38.9 Å². The number of rotatable bonds is 4. The number of carbonyl (C=O) groups is 1. The summed E-state index contributed by atoms with van der Waals surface area (Å²) in [6, 6.07) is 15.6. The van der Waals surface area contributed by atoms with Crippen LogP contribution < -0.4 is 15.2 Å². The predicted molar refractivity (Wildman–Crippen MR) is 130 cm³/mol. The smallest absolute Gasteiger partial charge is 0.279 e. The van der Waals surface area contributed by atoms with E-state index in [1.165, 1.54) is 15.6 Å². The first kappa shape index (κ1) is 21.7. The fraction of sp³-hybridized carbons (Fsp3) is 0.280. The van der Waals surface area contributed by atoms with Crippen LogP contribution in [0.5, 0.6) is 5.75 Å². The van der Waals surface area contributed by atoms with Crippen molar-refractivity contribution in [3.63, 3.8) is 0 Å². The van der Waals surface area contributed by atoms with Crippen LogP contribution in [0.25, 0.3) is 16.7 Å². The van der Waals surface area contributed by atoms with E-state index in [1.807, 2.05) is 55.5 Å². The van der Waals surface area contributed by atoms with Crippen LogP contribution >= 0.6 is 0 Å². The Bertz CT molecular complexity index is 1400. The number of amides is 1. The summed E-state index contributed by atoms with van der Waals surface area (Å²) in [5, 5.41) is 4.58. The molecule has 0 saturated carbocycles. The molecule has 174 valence electrons. The number of benzene rings is 2. The van der Waals surface area contributed by atoms with E-state index in [4.69, 9.17) is 4.74 Å². The largest absolute Gasteiger partial charge is 0.497 e. The SMILES string of the molecule is COc1ccc(N2CCN(C(=O)c3nn(-c4ccc(C)cc4)c4c(=O)n(C)cnc34)CC2)cc1. The Morgan fingerprint density at radius 2 is 1.59 bits per heavy atom. The van der Waals surface area contributed by atoms with Crippen LogP contribution in [0, 0.1) is 6.92 Å². The zero-order valence-corrected chi connectivity index (χ0v) is 19.4. The Morgan fingerprint density at radius 3 is 2.24 bits per heavy atom. The molecule has 9 heteroatoms. The maximum Gasteiger partial charge on any atom is 0.279 e. The monoisotopic (exact) mass is 458 g/mol. The van der Waals surface area contributed by atoms with E-state index in [9.17, 15) is 9.59 Å². The fourth-order valence-electron chi connectivity index (χ4n) is 4.22. The van der Waals surface area contributed by atoms with Gasteiger partial charge in [0.25, 0.3) is 11.5 Å². The second kappa shape index (κ2) is 8.66. The van der Waals surface area contributed by atoms with Gasteiger partial charge in [0.1, 0.15) is 11.3 Å². The van der Waals surface area contributed by atoms with Crippen molar-refractivity contribution in [1.29, 1.82) is 0 Å². The number of ether oxygens (including phenoxy) is 1. The van der Waals surface area contributed by atoms with Gasteiger partial charge in [0.15, 0.2) is 11.2 Å². The Hall–Kier alpha value is -4.14. The molecular formula is C25H26N6O3. The maximum absolute atomic E-state index is 13.5. The second-order valence-electron chi connectivity index (χ2n) is 8.43. The molecule has 0 atom stereocenters. The summed E-state index contributed by atoms with van der Waals surface area (Å²) in [6.07, 6.45) is 1.43. The quantitative estimate of drug-likeness (QED) is 0.467. The lowest BCUT2D eigenvalue weighted by molar-refractivity contribution is 0.0742. The maximum atomic E-state index is 13.5. The van der Waals surface area contributed by atoms with Gasteiger partial charge in [-0.25, -0.2) is 9.67 Å². The summed E-state index contributed by atoms with van der Waals surface area (Å²) in [5.41, 5.74) is 3.47. The van der Waals surface area contributed by atoms with Gasteiger partial charge in [-0.1, -0.05) is 17.7 Å². The third kappa shape index (κ3) is 3.79. The molecule has 3 heterocycles. The van der Waals surface area contributed by atoms with Gasteiger partial charge in [0.2, 0.25) is 0 Å². The molecule has 1 aliphatic heterocycles. The van der Waals surface area contributed by atoms with E-state index >= 15 is 0 Å². The molecule has 4 aromatic rings. The first-order valence-electron chi connectivity index (χ1n) is 11.2. The number of methoxy groups -OCH3 is 1. The highest BCUT2D eigenvalue weighted by atomic mass is 16.5. The molecule has 1 aliphatic rings. The van der Waals surface area contributed by atoms with Crippen LogP contribution in [0.1, 0.15) is 16.1 Å². The number of anilines is 1. The van der Waals surface area contributed by atoms with Crippen LogP contribution in [0.4, 0.5) is 5.69 Å². The molecule has 1 saturated heterocycles. The summed E-state index contributed by atoms with van der Waals surface area (Å²) < 4.78 is 8.17. The van der Waals surface area contributed by atoms with E-state index in [-0.39, 0.29) is 17.2 Å². The molecule has 0 aliphatic carbocycles. The molecule has 2 aromatic carbocycles. The van der Waals surface area contributed by atoms with Gasteiger partial charge in [-0.05, 0) is 43.3 Å². The molecule has 9 nitrogen and oxygen atoms in total. The Morgan fingerprint density at radius 1 is 0.941 bits per heavy atom. The zero-order chi connectivity index (χ0) is 23.8. The third-order valence-corrected chi connectivity index (χ3v) is 6.23. The first-order chi connectivity index (χ1) is 16.5. The van der Waals surface area contributed by atoms with Crippen molar-refractivity contribution in [2.45, 2.75) is 6.92 Å². The average molecular weight is 459 g/mol. The summed E-state index contributed by atoms with van der Waals surface area (Å²) >= 11 is 0. The lowest BCUT2D eigenvalue weighted by atomic mass is 10.2. The summed E-state index contributed by atoms with van der Waals surface area (Å²) in [7, 11) is 3.29. The molecule has 1 fully saturated rings. The van der Waals surface area contributed by atoms with Crippen molar-refractivity contribution in [3.05, 3.63) is 76.5 Å².